The van der Waals surface area contributed by atoms with Crippen LogP contribution in [0.1, 0.15) is 36.1 Å². The number of benzene rings is 2. The lowest BCUT2D eigenvalue weighted by Crippen LogP contribution is -2.63. The third-order valence-electron chi connectivity index (χ3n) is 6.83. The fraction of sp³-hybridized carbons (Fsp3) is 0.462. The predicted molar refractivity (Wildman–Crippen MR) is 127 cm³/mol. The minimum atomic E-state index is -0.609. The van der Waals surface area contributed by atoms with Crippen LogP contribution < -0.4 is 23.7 Å². The van der Waals surface area contributed by atoms with Crippen molar-refractivity contribution in [2.75, 3.05) is 47.6 Å². The lowest BCUT2D eigenvalue weighted by atomic mass is 9.82. The van der Waals surface area contributed by atoms with Gasteiger partial charge in [-0.2, -0.15) is 0 Å². The molecule has 1 fully saturated rings. The smallest absolute Gasteiger partial charge is 0.246 e. The monoisotopic (exact) mass is 482 g/mol. The van der Waals surface area contributed by atoms with Crippen molar-refractivity contribution in [2.24, 2.45) is 0 Å². The maximum Gasteiger partial charge on any atom is 0.246 e. The minimum absolute atomic E-state index is 0.0376. The van der Waals surface area contributed by atoms with Crippen molar-refractivity contribution in [1.29, 1.82) is 0 Å². The van der Waals surface area contributed by atoms with Crippen LogP contribution in [0, 0.1) is 0 Å². The summed E-state index contributed by atoms with van der Waals surface area (Å²) in [5.41, 5.74) is 2.60. The molecule has 0 bridgehead atoms. The van der Waals surface area contributed by atoms with E-state index >= 15 is 0 Å². The molecule has 3 heterocycles. The maximum absolute atomic E-state index is 13.6. The van der Waals surface area contributed by atoms with E-state index in [9.17, 15) is 9.59 Å². The molecular weight excluding hydrogens is 452 g/mol. The topological polar surface area (TPSA) is 86.8 Å². The SMILES string of the molecule is CCCN1CC(=O)N2[C@H](c3cc(OC)c(OC)c(OC)c3)c3cc4c(cc3C[C@H]2C1=O)OCCO4. The molecule has 3 aliphatic rings. The average Bonchev–Trinajstić information content (AvgIpc) is 2.88. The third kappa shape index (κ3) is 3.79. The summed E-state index contributed by atoms with van der Waals surface area (Å²) in [7, 11) is 4.65. The Balaban J connectivity index is 1.71. The highest BCUT2D eigenvalue weighted by Gasteiger charge is 2.47. The molecule has 2 atom stereocenters. The zero-order valence-corrected chi connectivity index (χ0v) is 20.5. The molecule has 0 saturated carbocycles. The molecule has 2 amide bonds. The highest BCUT2D eigenvalue weighted by atomic mass is 16.6. The summed E-state index contributed by atoms with van der Waals surface area (Å²) in [6.45, 7) is 3.54. The number of carbonyl (C=O) groups is 2. The normalized spacial score (nSPS) is 20.8. The Kier molecular flexibility index (Phi) is 6.08. The van der Waals surface area contributed by atoms with E-state index in [0.717, 1.165) is 23.1 Å². The van der Waals surface area contributed by atoms with Crippen LogP contribution in [-0.4, -0.2) is 75.3 Å². The Hall–Kier alpha value is -3.62. The first-order chi connectivity index (χ1) is 17.0. The minimum Gasteiger partial charge on any atom is -0.493 e. The molecule has 0 spiro atoms. The first-order valence-electron chi connectivity index (χ1n) is 11.8. The predicted octanol–water partition coefficient (Wildman–Crippen LogP) is 2.58. The van der Waals surface area contributed by atoms with Gasteiger partial charge in [-0.25, -0.2) is 0 Å². The van der Waals surface area contributed by atoms with Crippen LogP contribution >= 0.6 is 0 Å². The first-order valence-corrected chi connectivity index (χ1v) is 11.8. The van der Waals surface area contributed by atoms with Crippen molar-refractivity contribution >= 4 is 11.8 Å². The molecular formula is C26H30N2O7. The zero-order chi connectivity index (χ0) is 24.7. The van der Waals surface area contributed by atoms with Gasteiger partial charge in [-0.05, 0) is 47.4 Å². The Bertz CT molecular complexity index is 1140. The van der Waals surface area contributed by atoms with E-state index in [0.29, 0.717) is 54.9 Å². The van der Waals surface area contributed by atoms with Crippen molar-refractivity contribution in [1.82, 2.24) is 9.80 Å². The van der Waals surface area contributed by atoms with Gasteiger partial charge in [0.15, 0.2) is 23.0 Å². The molecule has 0 aliphatic carbocycles. The van der Waals surface area contributed by atoms with Crippen LogP contribution in [0.25, 0.3) is 0 Å². The Morgan fingerprint density at radius 1 is 0.943 bits per heavy atom. The fourth-order valence-electron chi connectivity index (χ4n) is 5.33. The summed E-state index contributed by atoms with van der Waals surface area (Å²) in [4.78, 5) is 30.5. The van der Waals surface area contributed by atoms with Gasteiger partial charge in [0.1, 0.15) is 19.3 Å². The molecule has 0 aromatic heterocycles. The van der Waals surface area contributed by atoms with Gasteiger partial charge < -0.3 is 33.5 Å². The number of amides is 2. The number of hydrogen-bond donors (Lipinski definition) is 0. The second kappa shape index (κ2) is 9.20. The molecule has 2 aromatic rings. The molecule has 186 valence electrons. The van der Waals surface area contributed by atoms with Gasteiger partial charge in [0, 0.05) is 13.0 Å². The van der Waals surface area contributed by atoms with Gasteiger partial charge in [-0.1, -0.05) is 6.92 Å². The van der Waals surface area contributed by atoms with Crippen molar-refractivity contribution in [3.8, 4) is 28.7 Å². The standard InChI is InChI=1S/C26H30N2O7/c1-5-6-27-14-23(29)28-18(26(27)30)9-15-10-19-20(35-8-7-34-19)13-17(15)24(28)16-11-21(31-2)25(33-4)22(12-16)32-3/h10-13,18,24H,5-9,14H2,1-4H3/t18-,24+/m0/s1. The first kappa shape index (κ1) is 23.1. The second-order valence-corrected chi connectivity index (χ2v) is 8.84. The molecule has 5 rings (SSSR count). The van der Waals surface area contributed by atoms with Crippen LogP contribution in [-0.2, 0) is 16.0 Å². The number of rotatable bonds is 6. The summed E-state index contributed by atoms with van der Waals surface area (Å²) in [5, 5.41) is 0. The maximum atomic E-state index is 13.6. The summed E-state index contributed by atoms with van der Waals surface area (Å²) < 4.78 is 28.4. The molecule has 35 heavy (non-hydrogen) atoms. The van der Waals surface area contributed by atoms with E-state index in [1.807, 2.05) is 31.2 Å². The van der Waals surface area contributed by atoms with E-state index in [4.69, 9.17) is 23.7 Å². The van der Waals surface area contributed by atoms with Crippen molar-refractivity contribution in [3.05, 3.63) is 41.0 Å². The van der Waals surface area contributed by atoms with Gasteiger partial charge in [0.25, 0.3) is 0 Å². The molecule has 3 aliphatic heterocycles. The Morgan fingerprint density at radius 2 is 1.60 bits per heavy atom. The summed E-state index contributed by atoms with van der Waals surface area (Å²) in [5.74, 6) is 2.58. The van der Waals surface area contributed by atoms with E-state index < -0.39 is 12.1 Å². The molecule has 0 unspecified atom stereocenters. The molecule has 2 aromatic carbocycles. The number of carbonyl (C=O) groups excluding carboxylic acids is 2. The summed E-state index contributed by atoms with van der Waals surface area (Å²) >= 11 is 0. The number of hydrogen-bond acceptors (Lipinski definition) is 7. The lowest BCUT2D eigenvalue weighted by Gasteiger charge is -2.48. The van der Waals surface area contributed by atoms with Gasteiger partial charge in [-0.15, -0.1) is 0 Å². The van der Waals surface area contributed by atoms with E-state index in [1.54, 1.807) is 31.1 Å². The van der Waals surface area contributed by atoms with Crippen LogP contribution in [0.2, 0.25) is 0 Å². The number of fused-ring (bicyclic) bond motifs is 3. The largest absolute Gasteiger partial charge is 0.493 e. The van der Waals surface area contributed by atoms with Crippen LogP contribution in [0.4, 0.5) is 0 Å². The van der Waals surface area contributed by atoms with Crippen molar-refractivity contribution in [3.63, 3.8) is 0 Å². The molecule has 9 heteroatoms. The second-order valence-electron chi connectivity index (χ2n) is 8.84. The number of piperazine rings is 1. The van der Waals surface area contributed by atoms with Crippen molar-refractivity contribution in [2.45, 2.75) is 31.8 Å². The highest BCUT2D eigenvalue weighted by molar-refractivity contribution is 5.96. The molecule has 1 saturated heterocycles. The quantitative estimate of drug-likeness (QED) is 0.626. The van der Waals surface area contributed by atoms with Gasteiger partial charge >= 0.3 is 0 Å². The van der Waals surface area contributed by atoms with E-state index in [-0.39, 0.29) is 18.4 Å². The van der Waals surface area contributed by atoms with E-state index in [2.05, 4.69) is 0 Å². The average molecular weight is 483 g/mol. The van der Waals surface area contributed by atoms with Crippen molar-refractivity contribution < 1.29 is 33.3 Å². The number of nitrogens with zero attached hydrogens (tertiary/aromatic N) is 2. The molecule has 9 nitrogen and oxygen atoms in total. The van der Waals surface area contributed by atoms with Gasteiger partial charge in [0.05, 0.1) is 33.9 Å². The van der Waals surface area contributed by atoms with Crippen LogP contribution in [0.15, 0.2) is 24.3 Å². The van der Waals surface area contributed by atoms with Crippen LogP contribution in [0.3, 0.4) is 0 Å². The Morgan fingerprint density at radius 3 is 2.20 bits per heavy atom. The number of methoxy groups -OCH3 is 3. The third-order valence-corrected chi connectivity index (χ3v) is 6.83. The van der Waals surface area contributed by atoms with Gasteiger partial charge in [0.2, 0.25) is 17.6 Å². The summed E-state index contributed by atoms with van der Waals surface area (Å²) in [6.07, 6.45) is 1.20. The van der Waals surface area contributed by atoms with Gasteiger partial charge in [-0.3, -0.25) is 9.59 Å². The van der Waals surface area contributed by atoms with E-state index in [1.165, 1.54) is 0 Å². The molecule has 0 radical (unpaired) electrons. The zero-order valence-electron chi connectivity index (χ0n) is 20.5. The highest BCUT2D eigenvalue weighted by Crippen LogP contribution is 2.48. The van der Waals surface area contributed by atoms with Crippen LogP contribution in [0.5, 0.6) is 28.7 Å². The fourth-order valence-corrected chi connectivity index (χ4v) is 5.33. The Labute approximate surface area is 204 Å². The summed E-state index contributed by atoms with van der Waals surface area (Å²) in [6, 6.07) is 6.42. The molecule has 0 N–H and O–H groups in total. The lowest BCUT2D eigenvalue weighted by molar-refractivity contribution is -0.158. The number of ether oxygens (including phenoxy) is 5.